The van der Waals surface area contributed by atoms with E-state index in [1.165, 1.54) is 0 Å². The van der Waals surface area contributed by atoms with E-state index >= 15 is 0 Å². The third-order valence-electron chi connectivity index (χ3n) is 2.34. The summed E-state index contributed by atoms with van der Waals surface area (Å²) in [5, 5.41) is 18.0. The maximum Gasteiger partial charge on any atom is 0.341 e. The van der Waals surface area contributed by atoms with E-state index in [2.05, 4.69) is 4.98 Å². The van der Waals surface area contributed by atoms with Crippen LogP contribution in [-0.4, -0.2) is 40.3 Å². The average molecular weight is 277 g/mol. The Morgan fingerprint density at radius 3 is 2.40 bits per heavy atom. The molecule has 0 bridgehead atoms. The Labute approximate surface area is 113 Å². The molecule has 0 aliphatic carbocycles. The molecule has 20 heavy (non-hydrogen) atoms. The Bertz CT molecular complexity index is 598. The first kappa shape index (κ1) is 13.6. The summed E-state index contributed by atoms with van der Waals surface area (Å²) in [7, 11) is 0. The number of hydrogen-bond acceptors (Lipinski definition) is 5. The molecule has 0 atom stereocenters. The molecule has 2 N–H and O–H groups in total. The van der Waals surface area contributed by atoms with Crippen molar-refractivity contribution in [3.8, 4) is 11.6 Å². The quantitative estimate of drug-likeness (QED) is 0.816. The van der Waals surface area contributed by atoms with Crippen molar-refractivity contribution in [3.63, 3.8) is 0 Å². The fourth-order valence-corrected chi connectivity index (χ4v) is 1.56. The monoisotopic (exact) mass is 277 g/mol. The number of nitrogens with zero attached hydrogens (tertiary/aromatic N) is 1. The van der Waals surface area contributed by atoms with Gasteiger partial charge in [0.05, 0.1) is 5.52 Å². The fraction of sp³-hybridized carbons (Fsp3) is 0.154. The highest BCUT2D eigenvalue weighted by Gasteiger charge is 2.12. The van der Waals surface area contributed by atoms with Crippen molar-refractivity contribution in [2.45, 2.75) is 0 Å². The van der Waals surface area contributed by atoms with Crippen molar-refractivity contribution < 1.29 is 29.3 Å². The summed E-state index contributed by atoms with van der Waals surface area (Å²) < 4.78 is 10.1. The Balaban J connectivity index is 2.35. The molecule has 0 radical (unpaired) electrons. The molecule has 0 amide bonds. The molecule has 0 saturated heterocycles. The number of carbonyl (C=O) groups is 2. The van der Waals surface area contributed by atoms with Crippen LogP contribution < -0.4 is 9.47 Å². The van der Waals surface area contributed by atoms with Gasteiger partial charge in [-0.25, -0.2) is 14.6 Å². The topological polar surface area (TPSA) is 106 Å². The minimum atomic E-state index is -1.16. The van der Waals surface area contributed by atoms with Gasteiger partial charge in [0.15, 0.2) is 19.0 Å². The Morgan fingerprint density at radius 1 is 1.05 bits per heavy atom. The van der Waals surface area contributed by atoms with Crippen molar-refractivity contribution in [2.24, 2.45) is 0 Å². The van der Waals surface area contributed by atoms with E-state index in [0.717, 1.165) is 5.39 Å². The first-order valence-corrected chi connectivity index (χ1v) is 5.65. The number of hydrogen-bond donors (Lipinski definition) is 2. The summed E-state index contributed by atoms with van der Waals surface area (Å²) >= 11 is 0. The van der Waals surface area contributed by atoms with E-state index < -0.39 is 25.2 Å². The van der Waals surface area contributed by atoms with Gasteiger partial charge in [-0.05, 0) is 12.1 Å². The maximum atomic E-state index is 10.5. The molecule has 1 heterocycles. The predicted octanol–water partition coefficient (Wildman–Crippen LogP) is 1.16. The van der Waals surface area contributed by atoms with Crippen molar-refractivity contribution in [1.29, 1.82) is 0 Å². The summed E-state index contributed by atoms with van der Waals surface area (Å²) in [5.41, 5.74) is 0.593. The van der Waals surface area contributed by atoms with E-state index in [1.807, 2.05) is 0 Å². The van der Waals surface area contributed by atoms with Gasteiger partial charge in [-0.15, -0.1) is 0 Å². The zero-order chi connectivity index (χ0) is 14.5. The van der Waals surface area contributed by atoms with Crippen LogP contribution in [0.15, 0.2) is 30.3 Å². The highest BCUT2D eigenvalue weighted by Crippen LogP contribution is 2.29. The Kier molecular flexibility index (Phi) is 3.99. The zero-order valence-corrected chi connectivity index (χ0v) is 10.3. The van der Waals surface area contributed by atoms with Crippen LogP contribution >= 0.6 is 0 Å². The highest BCUT2D eigenvalue weighted by atomic mass is 16.5. The van der Waals surface area contributed by atoms with Gasteiger partial charge in [-0.2, -0.15) is 0 Å². The van der Waals surface area contributed by atoms with Gasteiger partial charge in [0, 0.05) is 5.39 Å². The fourth-order valence-electron chi connectivity index (χ4n) is 1.56. The lowest BCUT2D eigenvalue weighted by Gasteiger charge is -2.10. The van der Waals surface area contributed by atoms with Gasteiger partial charge in [0.2, 0.25) is 0 Å². The molecule has 0 spiro atoms. The minimum Gasteiger partial charge on any atom is -0.479 e. The van der Waals surface area contributed by atoms with E-state index in [1.54, 1.807) is 30.3 Å². The number of ether oxygens (including phenoxy) is 2. The number of benzene rings is 1. The van der Waals surface area contributed by atoms with Crippen molar-refractivity contribution in [2.75, 3.05) is 13.2 Å². The van der Waals surface area contributed by atoms with Gasteiger partial charge < -0.3 is 19.7 Å². The normalized spacial score (nSPS) is 10.2. The van der Waals surface area contributed by atoms with Gasteiger partial charge in [0.25, 0.3) is 5.88 Å². The molecule has 1 aromatic heterocycles. The predicted molar refractivity (Wildman–Crippen MR) is 68.0 cm³/mol. The van der Waals surface area contributed by atoms with Crippen LogP contribution in [-0.2, 0) is 9.59 Å². The number of para-hydroxylation sites is 1. The second-order valence-corrected chi connectivity index (χ2v) is 3.85. The third-order valence-corrected chi connectivity index (χ3v) is 2.34. The van der Waals surface area contributed by atoms with Gasteiger partial charge >= 0.3 is 11.9 Å². The number of carboxylic acids is 2. The van der Waals surface area contributed by atoms with Crippen molar-refractivity contribution in [3.05, 3.63) is 30.3 Å². The summed E-state index contributed by atoms with van der Waals surface area (Å²) in [5.74, 6) is -2.27. The molecule has 7 heteroatoms. The Hall–Kier alpha value is -2.83. The molecule has 1 aromatic carbocycles. The lowest BCUT2D eigenvalue weighted by molar-refractivity contribution is -0.140. The summed E-state index contributed by atoms with van der Waals surface area (Å²) in [6, 6.07) is 8.63. The summed E-state index contributed by atoms with van der Waals surface area (Å²) in [6.45, 7) is -1.15. The van der Waals surface area contributed by atoms with Crippen molar-refractivity contribution >= 4 is 22.8 Å². The number of pyridine rings is 1. The lowest BCUT2D eigenvalue weighted by Crippen LogP contribution is -2.13. The first-order valence-electron chi connectivity index (χ1n) is 5.65. The van der Waals surface area contributed by atoms with Crippen molar-refractivity contribution in [1.82, 2.24) is 4.98 Å². The molecule has 7 nitrogen and oxygen atoms in total. The smallest absolute Gasteiger partial charge is 0.341 e. The average Bonchev–Trinajstić information content (AvgIpc) is 2.42. The number of aliphatic carboxylic acids is 2. The van der Waals surface area contributed by atoms with Gasteiger partial charge in [-0.1, -0.05) is 18.2 Å². The van der Waals surface area contributed by atoms with E-state index in [9.17, 15) is 9.59 Å². The highest BCUT2D eigenvalue weighted by molar-refractivity contribution is 5.81. The number of aromatic nitrogens is 1. The molecule has 0 saturated carbocycles. The minimum absolute atomic E-state index is 0.0487. The first-order chi connectivity index (χ1) is 9.56. The van der Waals surface area contributed by atoms with E-state index in [4.69, 9.17) is 19.7 Å². The lowest BCUT2D eigenvalue weighted by atomic mass is 10.2. The Morgan fingerprint density at radius 2 is 1.70 bits per heavy atom. The van der Waals surface area contributed by atoms with Crippen LogP contribution in [0.4, 0.5) is 0 Å². The van der Waals surface area contributed by atoms with Crippen LogP contribution in [0.5, 0.6) is 11.6 Å². The molecule has 0 aliphatic heterocycles. The van der Waals surface area contributed by atoms with Crippen LogP contribution in [0, 0.1) is 0 Å². The van der Waals surface area contributed by atoms with Crippen LogP contribution in [0.1, 0.15) is 0 Å². The van der Waals surface area contributed by atoms with Crippen LogP contribution in [0.3, 0.4) is 0 Å². The largest absolute Gasteiger partial charge is 0.479 e. The number of carboxylic acid groups (broad SMARTS) is 2. The summed E-state index contributed by atoms with van der Waals surface area (Å²) in [4.78, 5) is 25.2. The van der Waals surface area contributed by atoms with Gasteiger partial charge in [-0.3, -0.25) is 0 Å². The number of fused-ring (bicyclic) bond motifs is 1. The molecule has 104 valence electrons. The molecule has 2 aromatic rings. The van der Waals surface area contributed by atoms with Crippen LogP contribution in [0.2, 0.25) is 0 Å². The summed E-state index contributed by atoms with van der Waals surface area (Å²) in [6.07, 6.45) is 0. The zero-order valence-electron chi connectivity index (χ0n) is 10.3. The molecular formula is C13H11NO6. The standard InChI is InChI=1S/C13H11NO6/c15-11(16)6-19-10-5-8-3-1-2-4-9(8)14-13(10)20-7-12(17)18/h1-5H,6-7H2,(H,15,16)(H,17,18). The molecule has 0 unspecified atom stereocenters. The van der Waals surface area contributed by atoms with E-state index in [-0.39, 0.29) is 11.6 Å². The molecular weight excluding hydrogens is 266 g/mol. The second-order valence-electron chi connectivity index (χ2n) is 3.85. The van der Waals surface area contributed by atoms with Crippen LogP contribution in [0.25, 0.3) is 10.9 Å². The maximum absolute atomic E-state index is 10.5. The van der Waals surface area contributed by atoms with E-state index in [0.29, 0.717) is 5.52 Å². The molecule has 2 rings (SSSR count). The SMILES string of the molecule is O=C(O)COc1cc2ccccc2nc1OCC(=O)O. The molecule has 0 fully saturated rings. The third kappa shape index (κ3) is 3.35. The number of rotatable bonds is 6. The molecule has 0 aliphatic rings. The van der Waals surface area contributed by atoms with Gasteiger partial charge in [0.1, 0.15) is 0 Å². The second kappa shape index (κ2) is 5.87.